The van der Waals surface area contributed by atoms with Crippen LogP contribution in [0.5, 0.6) is 0 Å². The number of amides is 1. The number of nitrogens with one attached hydrogen (secondary N) is 1. The van der Waals surface area contributed by atoms with Crippen molar-refractivity contribution < 1.29 is 18.4 Å². The van der Waals surface area contributed by atoms with E-state index in [0.717, 1.165) is 10.0 Å². The van der Waals surface area contributed by atoms with Crippen molar-refractivity contribution in [3.05, 3.63) is 63.6 Å². The molecule has 0 radical (unpaired) electrons. The average molecular weight is 423 g/mol. The minimum Gasteiger partial charge on any atom is -0.321 e. The van der Waals surface area contributed by atoms with Crippen LogP contribution in [0.25, 0.3) is 0 Å². The molecule has 1 N–H and O–H groups in total. The van der Waals surface area contributed by atoms with Crippen molar-refractivity contribution in [3.63, 3.8) is 0 Å². The van der Waals surface area contributed by atoms with Crippen LogP contribution in [0.2, 0.25) is 0 Å². The topological polar surface area (TPSA) is 88.4 Å². The van der Waals surface area contributed by atoms with Crippen LogP contribution >= 0.6 is 24.2 Å². The summed E-state index contributed by atoms with van der Waals surface area (Å²) in [7, 11) is -2.48. The number of hydrogen-bond acceptors (Lipinski definition) is 5. The van der Waals surface area contributed by atoms with Crippen molar-refractivity contribution in [1.29, 1.82) is 5.26 Å². The van der Waals surface area contributed by atoms with Gasteiger partial charge in [0.05, 0.1) is 24.5 Å². The highest BCUT2D eigenvalue weighted by Gasteiger charge is 2.10. The zero-order chi connectivity index (χ0) is 18.2. The van der Waals surface area contributed by atoms with Crippen molar-refractivity contribution in [3.8, 4) is 6.07 Å². The summed E-state index contributed by atoms with van der Waals surface area (Å²) in [4.78, 5) is 12.3. The van der Waals surface area contributed by atoms with E-state index in [1.165, 1.54) is 0 Å². The fraction of sp³-hybridized carbons (Fsp3) is 0.176. The number of benzene rings is 2. The number of anilines is 1. The number of nitriles is 1. The van der Waals surface area contributed by atoms with E-state index < -0.39 is 8.25 Å². The predicted molar refractivity (Wildman–Crippen MR) is 98.7 cm³/mol. The summed E-state index contributed by atoms with van der Waals surface area (Å²) in [6.45, 7) is 2.21. The van der Waals surface area contributed by atoms with Crippen molar-refractivity contribution in [2.75, 3.05) is 11.9 Å². The van der Waals surface area contributed by atoms with E-state index in [1.807, 2.05) is 6.07 Å². The Hall–Kier alpha value is -1.97. The molecule has 0 fully saturated rings. The highest BCUT2D eigenvalue weighted by molar-refractivity contribution is 9.10. The van der Waals surface area contributed by atoms with Gasteiger partial charge in [-0.25, -0.2) is 0 Å². The van der Waals surface area contributed by atoms with Gasteiger partial charge >= 0.3 is 8.25 Å². The van der Waals surface area contributed by atoms with Gasteiger partial charge in [0.15, 0.2) is 0 Å². The van der Waals surface area contributed by atoms with E-state index >= 15 is 0 Å². The van der Waals surface area contributed by atoms with E-state index in [4.69, 9.17) is 14.3 Å². The zero-order valence-corrected chi connectivity index (χ0v) is 16.0. The van der Waals surface area contributed by atoms with Crippen LogP contribution in [0.15, 0.2) is 46.9 Å². The second-order valence-corrected chi connectivity index (χ2v) is 6.92. The van der Waals surface area contributed by atoms with Crippen molar-refractivity contribution in [2.24, 2.45) is 0 Å². The lowest BCUT2D eigenvalue weighted by atomic mass is 10.1. The third-order valence-corrected chi connectivity index (χ3v) is 4.58. The van der Waals surface area contributed by atoms with Crippen LogP contribution in [0, 0.1) is 11.3 Å². The number of halogens is 1. The fourth-order valence-corrected chi connectivity index (χ4v) is 2.93. The lowest BCUT2D eigenvalue weighted by molar-refractivity contribution is 0.102. The summed E-state index contributed by atoms with van der Waals surface area (Å²) < 4.78 is 22.0. The third kappa shape index (κ3) is 5.80. The largest absolute Gasteiger partial charge is 0.321 e. The maximum atomic E-state index is 12.3. The lowest BCUT2D eigenvalue weighted by Gasteiger charge is -2.08. The van der Waals surface area contributed by atoms with Gasteiger partial charge in [-0.2, -0.15) is 5.26 Å². The summed E-state index contributed by atoms with van der Waals surface area (Å²) in [5, 5.41) is 11.8. The molecule has 1 atom stereocenters. The normalized spacial score (nSPS) is 11.6. The average Bonchev–Trinajstić information content (AvgIpc) is 2.62. The number of hydrogen-bond donors (Lipinski definition) is 1. The van der Waals surface area contributed by atoms with Crippen LogP contribution < -0.4 is 5.32 Å². The van der Waals surface area contributed by atoms with Gasteiger partial charge in [0.2, 0.25) is 0 Å². The van der Waals surface area contributed by atoms with Crippen molar-refractivity contribution in [1.82, 2.24) is 0 Å². The molecule has 6 nitrogen and oxygen atoms in total. The minimum absolute atomic E-state index is 0.144. The maximum Gasteiger partial charge on any atom is 0.319 e. The van der Waals surface area contributed by atoms with Gasteiger partial charge in [0.1, 0.15) is 6.07 Å². The molecule has 8 heteroatoms. The van der Waals surface area contributed by atoms with E-state index in [-0.39, 0.29) is 12.5 Å². The summed E-state index contributed by atoms with van der Waals surface area (Å²) in [5.41, 5.74) is 2.02. The second kappa shape index (κ2) is 9.50. The van der Waals surface area contributed by atoms with Gasteiger partial charge in [0, 0.05) is 10.0 Å². The molecule has 2 aromatic rings. The summed E-state index contributed by atoms with van der Waals surface area (Å²) in [6.07, 6.45) is 0. The summed E-state index contributed by atoms with van der Waals surface area (Å²) >= 11 is 3.29. The molecule has 25 heavy (non-hydrogen) atoms. The Balaban J connectivity index is 2.01. The van der Waals surface area contributed by atoms with E-state index in [2.05, 4.69) is 21.2 Å². The van der Waals surface area contributed by atoms with E-state index in [9.17, 15) is 9.36 Å². The highest BCUT2D eigenvalue weighted by Crippen LogP contribution is 2.25. The van der Waals surface area contributed by atoms with E-state index in [0.29, 0.717) is 23.4 Å². The Morgan fingerprint density at radius 2 is 1.96 bits per heavy atom. The summed E-state index contributed by atoms with van der Waals surface area (Å²) in [5.74, 6) is -0.325. The smallest absolute Gasteiger partial charge is 0.319 e. The first-order chi connectivity index (χ1) is 12.0. The van der Waals surface area contributed by atoms with Crippen LogP contribution in [0.4, 0.5) is 5.69 Å². The van der Waals surface area contributed by atoms with Crippen molar-refractivity contribution >= 4 is 35.8 Å². The molecule has 0 aliphatic carbocycles. The van der Waals surface area contributed by atoms with E-state index in [1.54, 1.807) is 49.4 Å². The molecule has 0 spiro atoms. The molecule has 0 saturated heterocycles. The van der Waals surface area contributed by atoms with Gasteiger partial charge in [-0.15, -0.1) is 0 Å². The Kier molecular flexibility index (Phi) is 7.35. The molecule has 1 unspecified atom stereocenters. The Labute approximate surface area is 154 Å². The van der Waals surface area contributed by atoms with Gasteiger partial charge in [-0.3, -0.25) is 9.36 Å². The first kappa shape index (κ1) is 19.4. The van der Waals surface area contributed by atoms with Crippen LogP contribution in [0.1, 0.15) is 28.4 Å². The molecule has 1 amide bonds. The standard InChI is InChI=1S/C17H16BrN2O4P/c1-2-23-25(22)24-11-12-3-5-13(6-4-12)17(21)20-16-8-7-15(18)9-14(16)10-19/h3-9,25H,2,11H2,1H3,(H,20,21). The van der Waals surface area contributed by atoms with Gasteiger partial charge in [-0.1, -0.05) is 28.1 Å². The van der Waals surface area contributed by atoms with Crippen LogP contribution in [-0.4, -0.2) is 12.5 Å². The quantitative estimate of drug-likeness (QED) is 0.662. The second-order valence-electron chi connectivity index (χ2n) is 4.92. The first-order valence-electron chi connectivity index (χ1n) is 7.43. The monoisotopic (exact) mass is 422 g/mol. The first-order valence-corrected chi connectivity index (χ1v) is 9.44. The Morgan fingerprint density at radius 3 is 2.60 bits per heavy atom. The lowest BCUT2D eigenvalue weighted by Crippen LogP contribution is -2.12. The molecule has 0 aromatic heterocycles. The number of carbonyl (C=O) groups excluding carboxylic acids is 1. The van der Waals surface area contributed by atoms with Gasteiger partial charge < -0.3 is 14.4 Å². The number of carbonyl (C=O) groups is 1. The third-order valence-electron chi connectivity index (χ3n) is 3.19. The molecule has 0 aliphatic heterocycles. The predicted octanol–water partition coefficient (Wildman–Crippen LogP) is 4.52. The molecule has 130 valence electrons. The molecular weight excluding hydrogens is 407 g/mol. The molecular formula is C17H16BrN2O4P. The van der Waals surface area contributed by atoms with Crippen molar-refractivity contribution in [2.45, 2.75) is 13.5 Å². The molecule has 0 heterocycles. The summed E-state index contributed by atoms with van der Waals surface area (Å²) in [6, 6.07) is 13.8. The van der Waals surface area contributed by atoms with Crippen LogP contribution in [0.3, 0.4) is 0 Å². The fourth-order valence-electron chi connectivity index (χ4n) is 1.97. The van der Waals surface area contributed by atoms with Crippen LogP contribution in [-0.2, 0) is 20.2 Å². The molecule has 2 aromatic carbocycles. The highest BCUT2D eigenvalue weighted by atomic mass is 79.9. The molecule has 0 saturated carbocycles. The SMILES string of the molecule is CCO[PH](=O)OCc1ccc(C(=O)Nc2ccc(Br)cc2C#N)cc1. The Bertz CT molecular complexity index is 818. The maximum absolute atomic E-state index is 12.3. The Morgan fingerprint density at radius 1 is 1.24 bits per heavy atom. The minimum atomic E-state index is -2.48. The van der Waals surface area contributed by atoms with Gasteiger partial charge in [0.25, 0.3) is 5.91 Å². The number of nitrogens with zero attached hydrogens (tertiary/aromatic N) is 1. The number of rotatable bonds is 7. The molecule has 0 bridgehead atoms. The zero-order valence-electron chi connectivity index (χ0n) is 13.4. The van der Waals surface area contributed by atoms with Gasteiger partial charge in [-0.05, 0) is 42.8 Å². The molecule has 0 aliphatic rings. The molecule has 2 rings (SSSR count).